The molecule has 7 heteroatoms. The highest BCUT2D eigenvalue weighted by molar-refractivity contribution is 7.99. The molecule has 0 aliphatic carbocycles. The summed E-state index contributed by atoms with van der Waals surface area (Å²) >= 11 is 3.28. The fraction of sp³-hybridized carbons (Fsp3) is 0.300. The van der Waals surface area contributed by atoms with Crippen molar-refractivity contribution in [2.24, 2.45) is 17.1 Å². The van der Waals surface area contributed by atoms with Crippen LogP contribution in [0.1, 0.15) is 41.6 Å². The second-order valence-corrected chi connectivity index (χ2v) is 11.1. The van der Waals surface area contributed by atoms with Gasteiger partial charge in [0.2, 0.25) is 11.7 Å². The smallest absolute Gasteiger partial charge is 0.264 e. The summed E-state index contributed by atoms with van der Waals surface area (Å²) < 4.78 is 5.85. The maximum absolute atomic E-state index is 13.9. The molecule has 1 amide bonds. The molecule has 0 spiro atoms. The molecule has 0 unspecified atom stereocenters. The van der Waals surface area contributed by atoms with Crippen molar-refractivity contribution in [3.05, 3.63) is 102 Å². The molecule has 0 saturated carbocycles. The van der Waals surface area contributed by atoms with E-state index in [0.717, 1.165) is 17.9 Å². The molecule has 0 fully saturated rings. The average Bonchev–Trinajstić information content (AvgIpc) is 3.36. The number of fused-ring (bicyclic) bond motifs is 1. The third-order valence-corrected chi connectivity index (χ3v) is 9.01. The third kappa shape index (κ3) is 6.65. The lowest BCUT2D eigenvalue weighted by atomic mass is 9.73. The lowest BCUT2D eigenvalue weighted by Gasteiger charge is -2.36. The topological polar surface area (TPSA) is 86.2 Å². The van der Waals surface area contributed by atoms with Gasteiger partial charge in [-0.3, -0.25) is 9.59 Å². The number of nitrogens with two attached hydrogens (primary N) is 1. The molecule has 1 aromatic heterocycles. The van der Waals surface area contributed by atoms with E-state index in [4.69, 9.17) is 10.2 Å². The molecule has 1 heterocycles. The maximum atomic E-state index is 13.9. The number of carbonyl (C=O) groups excluding carboxylic acids is 2. The van der Waals surface area contributed by atoms with Gasteiger partial charge in [-0.1, -0.05) is 86.1 Å². The van der Waals surface area contributed by atoms with Crippen LogP contribution in [0, 0.1) is 11.3 Å². The number of hydrogen-bond donors (Lipinski definition) is 1. The van der Waals surface area contributed by atoms with E-state index < -0.39 is 17.2 Å². The lowest BCUT2D eigenvalue weighted by Crippen LogP contribution is -2.50. The molecule has 0 aliphatic rings. The fourth-order valence-corrected chi connectivity index (χ4v) is 7.29. The Bertz CT molecular complexity index is 1230. The highest BCUT2D eigenvalue weighted by Crippen LogP contribution is 2.41. The minimum Gasteiger partial charge on any atom is -0.434 e. The van der Waals surface area contributed by atoms with Crippen LogP contribution in [0.5, 0.6) is 0 Å². The summed E-state index contributed by atoms with van der Waals surface area (Å²) in [4.78, 5) is 31.7. The van der Waals surface area contributed by atoms with Crippen molar-refractivity contribution < 1.29 is 14.0 Å². The number of para-hydroxylation sites is 2. The number of benzene rings is 3. The first-order chi connectivity index (χ1) is 18.0. The van der Waals surface area contributed by atoms with Crippen LogP contribution in [0.2, 0.25) is 0 Å². The molecule has 192 valence electrons. The van der Waals surface area contributed by atoms with Gasteiger partial charge in [0.25, 0.3) is 5.89 Å². The van der Waals surface area contributed by atoms with E-state index in [2.05, 4.69) is 29.2 Å². The molecule has 4 rings (SSSR count). The summed E-state index contributed by atoms with van der Waals surface area (Å²) in [7, 11) is 0. The van der Waals surface area contributed by atoms with Crippen LogP contribution in [0.25, 0.3) is 11.1 Å². The molecule has 3 aromatic carbocycles. The molecule has 4 aromatic rings. The van der Waals surface area contributed by atoms with Crippen LogP contribution in [-0.2, 0) is 16.3 Å². The zero-order valence-electron chi connectivity index (χ0n) is 21.0. The van der Waals surface area contributed by atoms with E-state index in [1.807, 2.05) is 61.5 Å². The highest BCUT2D eigenvalue weighted by Gasteiger charge is 2.48. The molecule has 1 atom stereocenters. The molecule has 0 radical (unpaired) electrons. The maximum Gasteiger partial charge on any atom is 0.264 e. The number of aromatic nitrogens is 1. The van der Waals surface area contributed by atoms with Gasteiger partial charge >= 0.3 is 0 Å². The minimum absolute atomic E-state index is 0.0476. The zero-order chi connectivity index (χ0) is 26.1. The summed E-state index contributed by atoms with van der Waals surface area (Å²) in [5.74, 6) is 1.06. The first kappa shape index (κ1) is 27.0. The van der Waals surface area contributed by atoms with Gasteiger partial charge in [0.1, 0.15) is 5.52 Å². The number of Topliss-reactive ketones (excluding diaryl/α,β-unsaturated/α-hetero) is 1. The standard InChI is InChI=1S/C30H32N2O3S2/c1-2-11-24(27(33)28-32-25-16-9-10-17-26(25)35-28)30(29(31)34,20-36-18-22-12-5-3-6-13-22)21-37-19-23-14-7-4-8-15-23/h3-10,12-17,24H,2,11,18-21H2,1H3,(H2,31,34)/t24-/m1/s1. The minimum atomic E-state index is -1.05. The van der Waals surface area contributed by atoms with Crippen LogP contribution in [0.3, 0.4) is 0 Å². The van der Waals surface area contributed by atoms with Crippen LogP contribution >= 0.6 is 23.5 Å². The van der Waals surface area contributed by atoms with E-state index in [1.54, 1.807) is 29.6 Å². The highest BCUT2D eigenvalue weighted by atomic mass is 32.2. The molecular formula is C30H32N2O3S2. The van der Waals surface area contributed by atoms with Crippen LogP contribution < -0.4 is 5.73 Å². The molecular weight excluding hydrogens is 500 g/mol. The Hall–Kier alpha value is -3.03. The van der Waals surface area contributed by atoms with Crippen molar-refractivity contribution >= 4 is 46.3 Å². The third-order valence-electron chi connectivity index (χ3n) is 6.50. The molecule has 0 saturated heterocycles. The molecule has 0 aliphatic heterocycles. The number of carbonyl (C=O) groups is 2. The van der Waals surface area contributed by atoms with Gasteiger partial charge in [-0.25, -0.2) is 4.98 Å². The molecule has 2 N–H and O–H groups in total. The first-order valence-corrected chi connectivity index (χ1v) is 14.8. The number of thioether (sulfide) groups is 2. The van der Waals surface area contributed by atoms with E-state index in [0.29, 0.717) is 29.0 Å². The normalized spacial score (nSPS) is 12.5. The summed E-state index contributed by atoms with van der Waals surface area (Å²) in [6, 6.07) is 27.6. The van der Waals surface area contributed by atoms with Gasteiger partial charge in [0.05, 0.1) is 5.41 Å². The second kappa shape index (κ2) is 13.0. The summed E-state index contributed by atoms with van der Waals surface area (Å²) in [5.41, 5.74) is 8.65. The van der Waals surface area contributed by atoms with Crippen molar-refractivity contribution in [3.63, 3.8) is 0 Å². The molecule has 5 nitrogen and oxygen atoms in total. The van der Waals surface area contributed by atoms with Crippen molar-refractivity contribution in [1.29, 1.82) is 0 Å². The SMILES string of the molecule is CCC[C@H](C(=O)c1nc2ccccc2o1)C(CSCc1ccccc1)(CSCc1ccccc1)C(N)=O. The number of oxazole rings is 1. The fourth-order valence-electron chi connectivity index (χ4n) is 4.48. The Morgan fingerprint density at radius 3 is 1.92 bits per heavy atom. The van der Waals surface area contributed by atoms with Crippen LogP contribution in [-0.4, -0.2) is 28.2 Å². The summed E-state index contributed by atoms with van der Waals surface area (Å²) in [6.45, 7) is 2.02. The Morgan fingerprint density at radius 1 is 0.865 bits per heavy atom. The number of nitrogens with zero attached hydrogens (tertiary/aromatic N) is 1. The monoisotopic (exact) mass is 532 g/mol. The van der Waals surface area contributed by atoms with E-state index in [-0.39, 0.29) is 11.7 Å². The summed E-state index contributed by atoms with van der Waals surface area (Å²) in [6.07, 6.45) is 1.26. The van der Waals surface area contributed by atoms with Crippen molar-refractivity contribution in [1.82, 2.24) is 4.98 Å². The molecule has 37 heavy (non-hydrogen) atoms. The Balaban J connectivity index is 1.64. The van der Waals surface area contributed by atoms with Crippen molar-refractivity contribution in [2.75, 3.05) is 11.5 Å². The molecule has 0 bridgehead atoms. The van der Waals surface area contributed by atoms with Crippen molar-refractivity contribution in [3.8, 4) is 0 Å². The number of hydrogen-bond acceptors (Lipinski definition) is 6. The van der Waals surface area contributed by atoms with Gasteiger partial charge in [0.15, 0.2) is 5.58 Å². The Morgan fingerprint density at radius 2 is 1.41 bits per heavy atom. The average molecular weight is 533 g/mol. The van der Waals surface area contributed by atoms with Gasteiger partial charge in [-0.15, -0.1) is 0 Å². The van der Waals surface area contributed by atoms with E-state index in [1.165, 1.54) is 11.1 Å². The largest absolute Gasteiger partial charge is 0.434 e. The van der Waals surface area contributed by atoms with Crippen molar-refractivity contribution in [2.45, 2.75) is 31.3 Å². The number of primary amides is 1. The zero-order valence-corrected chi connectivity index (χ0v) is 22.6. The van der Waals surface area contributed by atoms with Crippen LogP contribution in [0.4, 0.5) is 0 Å². The van der Waals surface area contributed by atoms with Crippen LogP contribution in [0.15, 0.2) is 89.3 Å². The van der Waals surface area contributed by atoms with Gasteiger partial charge in [-0.2, -0.15) is 23.5 Å². The second-order valence-electron chi connectivity index (χ2n) is 9.17. The predicted octanol–water partition coefficient (Wildman–Crippen LogP) is 6.77. The number of ketones is 1. The van der Waals surface area contributed by atoms with Gasteiger partial charge < -0.3 is 10.2 Å². The number of amides is 1. The lowest BCUT2D eigenvalue weighted by molar-refractivity contribution is -0.127. The Labute approximate surface area is 226 Å². The first-order valence-electron chi connectivity index (χ1n) is 12.5. The van der Waals surface area contributed by atoms with E-state index >= 15 is 0 Å². The van der Waals surface area contributed by atoms with E-state index in [9.17, 15) is 9.59 Å². The summed E-state index contributed by atoms with van der Waals surface area (Å²) in [5, 5.41) is 0. The quantitative estimate of drug-likeness (QED) is 0.180. The number of rotatable bonds is 14. The Kier molecular flexibility index (Phi) is 9.47. The van der Waals surface area contributed by atoms with Gasteiger partial charge in [-0.05, 0) is 29.7 Å². The van der Waals surface area contributed by atoms with Gasteiger partial charge in [0, 0.05) is 28.9 Å². The predicted molar refractivity (Wildman–Crippen MR) is 154 cm³/mol.